The second-order valence-corrected chi connectivity index (χ2v) is 5.04. The number of rotatable bonds is 3. The van der Waals surface area contributed by atoms with E-state index in [0.29, 0.717) is 12.5 Å². The molecule has 3 nitrogen and oxygen atoms in total. The standard InChI is InChI=1S/C14H18N2O/c17-14(16-12-2-1-3-12)9-10-4-5-13-11(8-10)6-7-15-13/h4-5,8,12,15H,1-3,6-7,9H2,(H,16,17). The van der Waals surface area contributed by atoms with Gasteiger partial charge in [0.05, 0.1) is 6.42 Å². The van der Waals surface area contributed by atoms with Crippen LogP contribution in [-0.4, -0.2) is 18.5 Å². The van der Waals surface area contributed by atoms with Crippen LogP contribution in [0.2, 0.25) is 0 Å². The Morgan fingerprint density at radius 1 is 1.41 bits per heavy atom. The number of hydrogen-bond acceptors (Lipinski definition) is 2. The van der Waals surface area contributed by atoms with Gasteiger partial charge in [-0.05, 0) is 42.9 Å². The van der Waals surface area contributed by atoms with Gasteiger partial charge in [0.2, 0.25) is 5.91 Å². The first-order chi connectivity index (χ1) is 8.31. The minimum absolute atomic E-state index is 0.167. The molecule has 0 radical (unpaired) electrons. The molecule has 3 heteroatoms. The SMILES string of the molecule is O=C(Cc1ccc2c(c1)CCN2)NC1CCC1. The highest BCUT2D eigenvalue weighted by Crippen LogP contribution is 2.23. The summed E-state index contributed by atoms with van der Waals surface area (Å²) in [6.07, 6.45) is 5.16. The maximum Gasteiger partial charge on any atom is 0.224 e. The summed E-state index contributed by atoms with van der Waals surface area (Å²) in [5, 5.41) is 6.41. The van der Waals surface area contributed by atoms with Crippen LogP contribution in [-0.2, 0) is 17.6 Å². The molecule has 2 aliphatic rings. The molecule has 0 atom stereocenters. The summed E-state index contributed by atoms with van der Waals surface area (Å²) in [4.78, 5) is 11.8. The lowest BCUT2D eigenvalue weighted by atomic mass is 9.93. The predicted octanol–water partition coefficient (Wildman–Crippen LogP) is 1.87. The number of amides is 1. The van der Waals surface area contributed by atoms with Crippen molar-refractivity contribution in [1.29, 1.82) is 0 Å². The lowest BCUT2D eigenvalue weighted by Gasteiger charge is -2.26. The minimum atomic E-state index is 0.167. The number of anilines is 1. The van der Waals surface area contributed by atoms with E-state index in [-0.39, 0.29) is 5.91 Å². The maximum atomic E-state index is 11.8. The molecule has 0 saturated heterocycles. The highest BCUT2D eigenvalue weighted by atomic mass is 16.1. The van der Waals surface area contributed by atoms with Gasteiger partial charge < -0.3 is 10.6 Å². The van der Waals surface area contributed by atoms with Crippen molar-refractivity contribution in [1.82, 2.24) is 5.32 Å². The van der Waals surface area contributed by atoms with Gasteiger partial charge in [0.25, 0.3) is 0 Å². The minimum Gasteiger partial charge on any atom is -0.384 e. The number of benzene rings is 1. The Morgan fingerprint density at radius 3 is 3.06 bits per heavy atom. The van der Waals surface area contributed by atoms with Crippen LogP contribution in [0, 0.1) is 0 Å². The Kier molecular flexibility index (Phi) is 2.75. The summed E-state index contributed by atoms with van der Waals surface area (Å²) in [5.74, 6) is 0.167. The van der Waals surface area contributed by atoms with Crippen molar-refractivity contribution in [3.63, 3.8) is 0 Å². The van der Waals surface area contributed by atoms with Gasteiger partial charge in [0.15, 0.2) is 0 Å². The molecule has 1 heterocycles. The molecule has 90 valence electrons. The van der Waals surface area contributed by atoms with Crippen LogP contribution in [0.25, 0.3) is 0 Å². The summed E-state index contributed by atoms with van der Waals surface area (Å²) in [5.41, 5.74) is 3.70. The molecule has 2 N–H and O–H groups in total. The van der Waals surface area contributed by atoms with Gasteiger partial charge in [-0.2, -0.15) is 0 Å². The van der Waals surface area contributed by atoms with Crippen molar-refractivity contribution in [3.8, 4) is 0 Å². The summed E-state index contributed by atoms with van der Waals surface area (Å²) in [6, 6.07) is 6.75. The Labute approximate surface area is 102 Å². The lowest BCUT2D eigenvalue weighted by molar-refractivity contribution is -0.121. The van der Waals surface area contributed by atoms with Gasteiger partial charge >= 0.3 is 0 Å². The van der Waals surface area contributed by atoms with E-state index < -0.39 is 0 Å². The molecule has 1 aromatic rings. The van der Waals surface area contributed by atoms with E-state index in [4.69, 9.17) is 0 Å². The van der Waals surface area contributed by atoms with Crippen LogP contribution < -0.4 is 10.6 Å². The lowest BCUT2D eigenvalue weighted by Crippen LogP contribution is -2.40. The first-order valence-electron chi connectivity index (χ1n) is 6.46. The molecule has 1 amide bonds. The molecule has 0 unspecified atom stereocenters. The third kappa shape index (κ3) is 2.28. The topological polar surface area (TPSA) is 41.1 Å². The van der Waals surface area contributed by atoms with Crippen molar-refractivity contribution in [2.75, 3.05) is 11.9 Å². The number of hydrogen-bond donors (Lipinski definition) is 2. The predicted molar refractivity (Wildman–Crippen MR) is 68.1 cm³/mol. The molecule has 0 bridgehead atoms. The Morgan fingerprint density at radius 2 is 2.29 bits per heavy atom. The van der Waals surface area contributed by atoms with E-state index in [1.165, 1.54) is 17.7 Å². The molecular formula is C14H18N2O. The number of carbonyl (C=O) groups excluding carboxylic acids is 1. The fourth-order valence-electron chi connectivity index (χ4n) is 2.48. The largest absolute Gasteiger partial charge is 0.384 e. The average molecular weight is 230 g/mol. The first kappa shape index (κ1) is 10.6. The van der Waals surface area contributed by atoms with Crippen LogP contribution in [0.3, 0.4) is 0 Å². The second-order valence-electron chi connectivity index (χ2n) is 5.04. The van der Waals surface area contributed by atoms with Crippen molar-refractivity contribution in [2.24, 2.45) is 0 Å². The molecule has 1 fully saturated rings. The zero-order chi connectivity index (χ0) is 11.7. The van der Waals surface area contributed by atoms with E-state index in [0.717, 1.165) is 31.4 Å². The molecule has 1 saturated carbocycles. The van der Waals surface area contributed by atoms with E-state index in [2.05, 4.69) is 28.8 Å². The van der Waals surface area contributed by atoms with Gasteiger partial charge in [0.1, 0.15) is 0 Å². The summed E-state index contributed by atoms with van der Waals surface area (Å²) >= 11 is 0. The summed E-state index contributed by atoms with van der Waals surface area (Å²) in [6.45, 7) is 1.02. The monoisotopic (exact) mass is 230 g/mol. The Bertz CT molecular complexity index is 438. The fourth-order valence-corrected chi connectivity index (χ4v) is 2.48. The molecule has 1 aromatic carbocycles. The Hall–Kier alpha value is -1.51. The highest BCUT2D eigenvalue weighted by molar-refractivity contribution is 5.79. The third-order valence-electron chi connectivity index (χ3n) is 3.71. The molecule has 3 rings (SSSR count). The molecule has 0 aromatic heterocycles. The van der Waals surface area contributed by atoms with Gasteiger partial charge in [0, 0.05) is 18.3 Å². The van der Waals surface area contributed by atoms with E-state index in [1.807, 2.05) is 0 Å². The zero-order valence-corrected chi connectivity index (χ0v) is 9.96. The molecule has 1 aliphatic carbocycles. The molecule has 17 heavy (non-hydrogen) atoms. The normalized spacial score (nSPS) is 18.1. The van der Waals surface area contributed by atoms with Crippen molar-refractivity contribution in [3.05, 3.63) is 29.3 Å². The Balaban J connectivity index is 1.62. The van der Waals surface area contributed by atoms with Crippen LogP contribution in [0.15, 0.2) is 18.2 Å². The number of fused-ring (bicyclic) bond motifs is 1. The summed E-state index contributed by atoms with van der Waals surface area (Å²) in [7, 11) is 0. The molecule has 1 aliphatic heterocycles. The quantitative estimate of drug-likeness (QED) is 0.832. The molecule has 0 spiro atoms. The van der Waals surface area contributed by atoms with Crippen molar-refractivity contribution >= 4 is 11.6 Å². The van der Waals surface area contributed by atoms with Crippen molar-refractivity contribution in [2.45, 2.75) is 38.1 Å². The van der Waals surface area contributed by atoms with Gasteiger partial charge in [-0.15, -0.1) is 0 Å². The van der Waals surface area contributed by atoms with Crippen molar-refractivity contribution < 1.29 is 4.79 Å². The van der Waals surface area contributed by atoms with Crippen LogP contribution in [0.1, 0.15) is 30.4 Å². The summed E-state index contributed by atoms with van der Waals surface area (Å²) < 4.78 is 0. The maximum absolute atomic E-state index is 11.8. The highest BCUT2D eigenvalue weighted by Gasteiger charge is 2.19. The van der Waals surface area contributed by atoms with Crippen LogP contribution in [0.5, 0.6) is 0 Å². The fraction of sp³-hybridized carbons (Fsp3) is 0.500. The van der Waals surface area contributed by atoms with Crippen LogP contribution >= 0.6 is 0 Å². The smallest absolute Gasteiger partial charge is 0.224 e. The third-order valence-corrected chi connectivity index (χ3v) is 3.71. The van der Waals surface area contributed by atoms with Crippen LogP contribution in [0.4, 0.5) is 5.69 Å². The first-order valence-corrected chi connectivity index (χ1v) is 6.46. The van der Waals surface area contributed by atoms with E-state index in [9.17, 15) is 4.79 Å². The van der Waals surface area contributed by atoms with Gasteiger partial charge in [-0.3, -0.25) is 4.79 Å². The zero-order valence-electron chi connectivity index (χ0n) is 9.96. The number of nitrogens with one attached hydrogen (secondary N) is 2. The second kappa shape index (κ2) is 4.40. The van der Waals surface area contributed by atoms with Gasteiger partial charge in [-0.1, -0.05) is 12.1 Å². The number of carbonyl (C=O) groups is 1. The molecular weight excluding hydrogens is 212 g/mol. The van der Waals surface area contributed by atoms with E-state index >= 15 is 0 Å². The van der Waals surface area contributed by atoms with E-state index in [1.54, 1.807) is 0 Å². The van der Waals surface area contributed by atoms with Gasteiger partial charge in [-0.25, -0.2) is 0 Å². The average Bonchev–Trinajstić information content (AvgIpc) is 2.71.